The third-order valence-corrected chi connectivity index (χ3v) is 8.56. The number of nitrogens with zero attached hydrogens (tertiary/aromatic N) is 1. The Morgan fingerprint density at radius 1 is 1.10 bits per heavy atom. The minimum atomic E-state index is -3.87. The number of carbonyl (C=O) groups is 1. The molecule has 0 aromatic heterocycles. The first-order chi connectivity index (χ1) is 14.2. The second kappa shape index (κ2) is 9.26. The number of aliphatic imine (C=N–C) groups is 1. The standard InChI is InChI=1S/C22H26N2O3S3/c1-5-28-21-23-22(15(2)3,20(25)29-21)19(17-9-7-6-8-10-17)24-30(26,27)18-13-11-16(4)12-14-18/h6-15,19,24H,5H2,1-4H3. The van der Waals surface area contributed by atoms with Crippen molar-refractivity contribution in [3.8, 4) is 0 Å². The Balaban J connectivity index is 2.13. The molecule has 2 aromatic rings. The van der Waals surface area contributed by atoms with Crippen LogP contribution in [0.15, 0.2) is 64.5 Å². The summed E-state index contributed by atoms with van der Waals surface area (Å²) in [6, 6.07) is 15.1. The average molecular weight is 463 g/mol. The normalized spacial score (nSPS) is 20.4. The van der Waals surface area contributed by atoms with Gasteiger partial charge in [0, 0.05) is 0 Å². The van der Waals surface area contributed by atoms with Gasteiger partial charge < -0.3 is 0 Å². The van der Waals surface area contributed by atoms with Gasteiger partial charge >= 0.3 is 0 Å². The number of rotatable bonds is 7. The van der Waals surface area contributed by atoms with Gasteiger partial charge in [-0.15, -0.1) is 0 Å². The largest absolute Gasteiger partial charge is 0.284 e. The van der Waals surface area contributed by atoms with Crippen LogP contribution in [0.4, 0.5) is 0 Å². The van der Waals surface area contributed by atoms with E-state index in [-0.39, 0.29) is 15.9 Å². The monoisotopic (exact) mass is 462 g/mol. The van der Waals surface area contributed by atoms with Crippen LogP contribution in [0.3, 0.4) is 0 Å². The van der Waals surface area contributed by atoms with Crippen molar-refractivity contribution >= 4 is 43.0 Å². The first-order valence-electron chi connectivity index (χ1n) is 9.79. The smallest absolute Gasteiger partial charge is 0.241 e. The lowest BCUT2D eigenvalue weighted by molar-refractivity contribution is -0.117. The highest BCUT2D eigenvalue weighted by Crippen LogP contribution is 2.47. The third kappa shape index (κ3) is 4.51. The molecule has 0 bridgehead atoms. The van der Waals surface area contributed by atoms with Crippen molar-refractivity contribution in [2.24, 2.45) is 10.9 Å². The molecule has 0 saturated carbocycles. The summed E-state index contributed by atoms with van der Waals surface area (Å²) in [5.74, 6) is 0.580. The zero-order chi connectivity index (χ0) is 21.9. The third-order valence-electron chi connectivity index (χ3n) is 5.11. The lowest BCUT2D eigenvalue weighted by Crippen LogP contribution is -2.51. The van der Waals surface area contributed by atoms with Crippen molar-refractivity contribution in [3.05, 3.63) is 65.7 Å². The van der Waals surface area contributed by atoms with Gasteiger partial charge in [-0.05, 0) is 48.1 Å². The quantitative estimate of drug-likeness (QED) is 0.640. The van der Waals surface area contributed by atoms with Crippen LogP contribution in [0.25, 0.3) is 0 Å². The maximum absolute atomic E-state index is 13.3. The molecule has 0 radical (unpaired) electrons. The van der Waals surface area contributed by atoms with Crippen LogP contribution in [-0.2, 0) is 14.8 Å². The molecule has 0 fully saturated rings. The van der Waals surface area contributed by atoms with Crippen molar-refractivity contribution in [2.45, 2.75) is 44.2 Å². The van der Waals surface area contributed by atoms with E-state index in [0.717, 1.165) is 23.1 Å². The fourth-order valence-corrected chi connectivity index (χ4v) is 6.90. The highest BCUT2D eigenvalue weighted by Gasteiger charge is 2.54. The SMILES string of the molecule is CCSC1=NC(C(C)C)(C(NS(=O)(=O)c2ccc(C)cc2)c2ccccc2)C(=O)S1. The predicted octanol–water partition coefficient (Wildman–Crippen LogP) is 4.79. The van der Waals surface area contributed by atoms with E-state index in [0.29, 0.717) is 9.94 Å². The highest BCUT2D eigenvalue weighted by molar-refractivity contribution is 8.45. The number of aryl methyl sites for hydroxylation is 1. The molecular weight excluding hydrogens is 436 g/mol. The van der Waals surface area contributed by atoms with Crippen LogP contribution < -0.4 is 4.72 Å². The molecule has 2 aromatic carbocycles. The van der Waals surface area contributed by atoms with E-state index < -0.39 is 21.6 Å². The Morgan fingerprint density at radius 2 is 1.73 bits per heavy atom. The number of sulfonamides is 1. The number of hydrogen-bond acceptors (Lipinski definition) is 6. The molecule has 1 heterocycles. The fourth-order valence-electron chi connectivity index (χ4n) is 3.44. The molecule has 3 rings (SSSR count). The Kier molecular flexibility index (Phi) is 7.12. The van der Waals surface area contributed by atoms with Crippen LogP contribution in [0.2, 0.25) is 0 Å². The van der Waals surface area contributed by atoms with Gasteiger partial charge in [-0.1, -0.05) is 80.6 Å². The van der Waals surface area contributed by atoms with Gasteiger partial charge in [-0.25, -0.2) is 13.1 Å². The second-order valence-electron chi connectivity index (χ2n) is 7.46. The molecule has 1 N–H and O–H groups in total. The summed E-state index contributed by atoms with van der Waals surface area (Å²) >= 11 is 2.62. The Labute approximate surface area is 187 Å². The van der Waals surface area contributed by atoms with Gasteiger partial charge in [0.25, 0.3) is 0 Å². The Morgan fingerprint density at radius 3 is 2.30 bits per heavy atom. The van der Waals surface area contributed by atoms with E-state index in [1.165, 1.54) is 11.8 Å². The minimum Gasteiger partial charge on any atom is -0.284 e. The highest BCUT2D eigenvalue weighted by atomic mass is 32.2. The minimum absolute atomic E-state index is 0.131. The molecule has 5 nitrogen and oxygen atoms in total. The van der Waals surface area contributed by atoms with Crippen LogP contribution in [0.5, 0.6) is 0 Å². The molecule has 2 atom stereocenters. The molecule has 0 saturated heterocycles. The van der Waals surface area contributed by atoms with E-state index in [1.54, 1.807) is 24.3 Å². The van der Waals surface area contributed by atoms with Crippen LogP contribution >= 0.6 is 23.5 Å². The van der Waals surface area contributed by atoms with E-state index in [9.17, 15) is 13.2 Å². The number of thioether (sulfide) groups is 2. The van der Waals surface area contributed by atoms with Crippen molar-refractivity contribution in [1.29, 1.82) is 0 Å². The predicted molar refractivity (Wildman–Crippen MR) is 126 cm³/mol. The molecule has 1 aliphatic heterocycles. The Bertz CT molecular complexity index is 1040. The lowest BCUT2D eigenvalue weighted by Gasteiger charge is -2.36. The summed E-state index contributed by atoms with van der Waals surface area (Å²) in [4.78, 5) is 18.3. The molecule has 0 spiro atoms. The van der Waals surface area contributed by atoms with E-state index in [2.05, 4.69) is 4.72 Å². The summed E-state index contributed by atoms with van der Waals surface area (Å²) in [6.45, 7) is 7.73. The van der Waals surface area contributed by atoms with Gasteiger partial charge in [0.15, 0.2) is 5.54 Å². The van der Waals surface area contributed by atoms with Crippen molar-refractivity contribution in [2.75, 3.05) is 5.75 Å². The topological polar surface area (TPSA) is 75.6 Å². The van der Waals surface area contributed by atoms with Crippen LogP contribution in [0.1, 0.15) is 37.9 Å². The first kappa shape index (κ1) is 23.1. The summed E-state index contributed by atoms with van der Waals surface area (Å²) in [5, 5.41) is -0.131. The van der Waals surface area contributed by atoms with Gasteiger partial charge in [0.05, 0.1) is 10.9 Å². The van der Waals surface area contributed by atoms with Gasteiger partial charge in [0.1, 0.15) is 4.38 Å². The Hall–Kier alpha value is -1.61. The van der Waals surface area contributed by atoms with Gasteiger partial charge in [0.2, 0.25) is 15.1 Å². The summed E-state index contributed by atoms with van der Waals surface area (Å²) < 4.78 is 30.1. The average Bonchev–Trinajstić information content (AvgIpc) is 3.04. The van der Waals surface area contributed by atoms with Crippen molar-refractivity contribution in [3.63, 3.8) is 0 Å². The first-order valence-corrected chi connectivity index (χ1v) is 13.1. The zero-order valence-electron chi connectivity index (χ0n) is 17.5. The van der Waals surface area contributed by atoms with Crippen molar-refractivity contribution < 1.29 is 13.2 Å². The van der Waals surface area contributed by atoms with Crippen LogP contribution in [0, 0.1) is 12.8 Å². The fraction of sp³-hybridized carbons (Fsp3) is 0.364. The number of benzene rings is 2. The molecule has 0 amide bonds. The molecule has 160 valence electrons. The summed E-state index contributed by atoms with van der Waals surface area (Å²) in [7, 11) is -3.87. The number of carbonyl (C=O) groups excluding carboxylic acids is 1. The maximum atomic E-state index is 13.3. The van der Waals surface area contributed by atoms with E-state index in [4.69, 9.17) is 4.99 Å². The second-order valence-corrected chi connectivity index (χ2v) is 11.6. The van der Waals surface area contributed by atoms with E-state index in [1.807, 2.05) is 58.0 Å². The van der Waals surface area contributed by atoms with Crippen LogP contribution in [-0.4, -0.2) is 29.2 Å². The molecule has 0 aliphatic carbocycles. The molecule has 1 aliphatic rings. The molecular formula is C22H26N2O3S3. The summed E-state index contributed by atoms with van der Waals surface area (Å²) in [6.07, 6.45) is 0. The molecule has 2 unspecified atom stereocenters. The lowest BCUT2D eigenvalue weighted by atomic mass is 9.78. The number of hydrogen-bond donors (Lipinski definition) is 1. The van der Waals surface area contributed by atoms with Crippen molar-refractivity contribution in [1.82, 2.24) is 4.72 Å². The molecule has 30 heavy (non-hydrogen) atoms. The molecule has 8 heteroatoms. The zero-order valence-corrected chi connectivity index (χ0v) is 19.9. The summed E-state index contributed by atoms with van der Waals surface area (Å²) in [5.41, 5.74) is 0.462. The maximum Gasteiger partial charge on any atom is 0.241 e. The van der Waals surface area contributed by atoms with Gasteiger partial charge in [-0.2, -0.15) is 0 Å². The van der Waals surface area contributed by atoms with E-state index >= 15 is 0 Å². The van der Waals surface area contributed by atoms with Gasteiger partial charge in [-0.3, -0.25) is 9.79 Å². The number of nitrogens with one attached hydrogen (secondary N) is 1.